The summed E-state index contributed by atoms with van der Waals surface area (Å²) in [4.78, 5) is 7.75. The molecule has 3 N–H and O–H groups in total. The second kappa shape index (κ2) is 4.01. The molecule has 90 valence electrons. The summed E-state index contributed by atoms with van der Waals surface area (Å²) in [6.07, 6.45) is 1.17. The Bertz CT molecular complexity index is 538. The maximum Gasteiger partial charge on any atom is 0.124 e. The number of methoxy groups -OCH3 is 1. The molecule has 1 aromatic carbocycles. The summed E-state index contributed by atoms with van der Waals surface area (Å²) in [6, 6.07) is 5.35. The first kappa shape index (κ1) is 10.6. The van der Waals surface area contributed by atoms with E-state index in [2.05, 4.69) is 15.3 Å². The van der Waals surface area contributed by atoms with E-state index in [4.69, 9.17) is 4.74 Å². The van der Waals surface area contributed by atoms with Crippen LogP contribution in [0.2, 0.25) is 0 Å². The molecule has 2 aromatic rings. The molecule has 17 heavy (non-hydrogen) atoms. The lowest BCUT2D eigenvalue weighted by atomic mass is 10.2. The molecule has 0 radical (unpaired) electrons. The van der Waals surface area contributed by atoms with Gasteiger partial charge in [-0.15, -0.1) is 0 Å². The molecule has 0 bridgehead atoms. The van der Waals surface area contributed by atoms with Crippen molar-refractivity contribution >= 4 is 11.0 Å². The van der Waals surface area contributed by atoms with Crippen molar-refractivity contribution in [2.24, 2.45) is 0 Å². The van der Waals surface area contributed by atoms with Crippen LogP contribution in [0.5, 0.6) is 5.75 Å². The monoisotopic (exact) mass is 233 g/mol. The Morgan fingerprint density at radius 1 is 1.47 bits per heavy atom. The number of hydrogen-bond acceptors (Lipinski definition) is 4. The van der Waals surface area contributed by atoms with Gasteiger partial charge in [0.25, 0.3) is 0 Å². The summed E-state index contributed by atoms with van der Waals surface area (Å²) in [5, 5.41) is 12.8. The quantitative estimate of drug-likeness (QED) is 0.731. The second-order valence-electron chi connectivity index (χ2n) is 4.38. The molecule has 2 atom stereocenters. The van der Waals surface area contributed by atoms with Gasteiger partial charge in [0.15, 0.2) is 0 Å². The topological polar surface area (TPSA) is 70.2 Å². The van der Waals surface area contributed by atoms with Crippen LogP contribution in [0.25, 0.3) is 11.0 Å². The van der Waals surface area contributed by atoms with Crippen LogP contribution in [0.1, 0.15) is 18.3 Å². The van der Waals surface area contributed by atoms with Crippen LogP contribution >= 0.6 is 0 Å². The number of aromatic amines is 1. The molecule has 0 spiro atoms. The Morgan fingerprint density at radius 3 is 3.12 bits per heavy atom. The molecule has 5 nitrogen and oxygen atoms in total. The zero-order valence-corrected chi connectivity index (χ0v) is 9.60. The molecule has 2 unspecified atom stereocenters. The Labute approximate surface area is 98.8 Å². The standard InChI is InChI=1S/C12H15N3O2/c1-17-8-5-11(13-6-8)12-14-9-3-2-7(16)4-10(9)15-12/h2-4,8,11,13,16H,5-6H2,1H3,(H,14,15). The number of nitrogens with zero attached hydrogens (tertiary/aromatic N) is 1. The molecular weight excluding hydrogens is 218 g/mol. The fraction of sp³-hybridized carbons (Fsp3) is 0.417. The van der Waals surface area contributed by atoms with Crippen LogP contribution < -0.4 is 5.32 Å². The number of phenols is 1. The molecular formula is C12H15N3O2. The number of phenolic OH excluding ortho intramolecular Hbond substituents is 1. The van der Waals surface area contributed by atoms with Gasteiger partial charge in [0.2, 0.25) is 0 Å². The predicted octanol–water partition coefficient (Wildman–Crippen LogP) is 1.32. The van der Waals surface area contributed by atoms with Gasteiger partial charge < -0.3 is 20.1 Å². The highest BCUT2D eigenvalue weighted by molar-refractivity contribution is 5.76. The number of H-pyrrole nitrogens is 1. The van der Waals surface area contributed by atoms with Crippen molar-refractivity contribution in [1.29, 1.82) is 0 Å². The highest BCUT2D eigenvalue weighted by Crippen LogP contribution is 2.25. The van der Waals surface area contributed by atoms with Crippen LogP contribution in [0.3, 0.4) is 0 Å². The number of imidazole rings is 1. The Hall–Kier alpha value is -1.59. The van der Waals surface area contributed by atoms with Gasteiger partial charge in [-0.05, 0) is 18.6 Å². The summed E-state index contributed by atoms with van der Waals surface area (Å²) in [5.74, 6) is 1.16. The maximum atomic E-state index is 9.40. The number of aromatic hydroxyl groups is 1. The molecule has 1 aromatic heterocycles. The van der Waals surface area contributed by atoms with E-state index in [1.54, 1.807) is 19.2 Å². The molecule has 2 heterocycles. The van der Waals surface area contributed by atoms with E-state index in [9.17, 15) is 5.11 Å². The van der Waals surface area contributed by atoms with Crippen molar-refractivity contribution < 1.29 is 9.84 Å². The number of ether oxygens (including phenoxy) is 1. The molecule has 0 aliphatic carbocycles. The number of nitrogens with one attached hydrogen (secondary N) is 2. The molecule has 3 rings (SSSR count). The summed E-state index contributed by atoms with van der Waals surface area (Å²) in [6.45, 7) is 0.851. The fourth-order valence-corrected chi connectivity index (χ4v) is 2.27. The Kier molecular flexibility index (Phi) is 2.49. The lowest BCUT2D eigenvalue weighted by Gasteiger charge is -2.06. The zero-order chi connectivity index (χ0) is 11.8. The summed E-state index contributed by atoms with van der Waals surface area (Å²) < 4.78 is 5.31. The second-order valence-corrected chi connectivity index (χ2v) is 4.38. The van der Waals surface area contributed by atoms with Crippen molar-refractivity contribution in [2.45, 2.75) is 18.6 Å². The van der Waals surface area contributed by atoms with Crippen molar-refractivity contribution in [3.05, 3.63) is 24.0 Å². The number of aromatic nitrogens is 2. The smallest absolute Gasteiger partial charge is 0.124 e. The van der Waals surface area contributed by atoms with E-state index in [0.29, 0.717) is 0 Å². The van der Waals surface area contributed by atoms with Gasteiger partial charge in [-0.3, -0.25) is 0 Å². The van der Waals surface area contributed by atoms with Gasteiger partial charge in [-0.1, -0.05) is 0 Å². The van der Waals surface area contributed by atoms with Crippen LogP contribution in [-0.4, -0.2) is 34.8 Å². The van der Waals surface area contributed by atoms with Gasteiger partial charge in [0.1, 0.15) is 11.6 Å². The third-order valence-electron chi connectivity index (χ3n) is 3.24. The van der Waals surface area contributed by atoms with E-state index in [-0.39, 0.29) is 17.9 Å². The fourth-order valence-electron chi connectivity index (χ4n) is 2.27. The average Bonchev–Trinajstić information content (AvgIpc) is 2.93. The molecule has 5 heteroatoms. The van der Waals surface area contributed by atoms with E-state index in [0.717, 1.165) is 29.8 Å². The summed E-state index contributed by atoms with van der Waals surface area (Å²) in [5.41, 5.74) is 1.74. The number of benzene rings is 1. The van der Waals surface area contributed by atoms with Gasteiger partial charge >= 0.3 is 0 Å². The van der Waals surface area contributed by atoms with E-state index in [1.165, 1.54) is 0 Å². The van der Waals surface area contributed by atoms with Crippen LogP contribution in [-0.2, 0) is 4.74 Å². The minimum absolute atomic E-state index is 0.203. The van der Waals surface area contributed by atoms with E-state index < -0.39 is 0 Å². The van der Waals surface area contributed by atoms with Crippen molar-refractivity contribution in [3.63, 3.8) is 0 Å². The largest absolute Gasteiger partial charge is 0.508 e. The minimum Gasteiger partial charge on any atom is -0.508 e. The summed E-state index contributed by atoms with van der Waals surface area (Å²) in [7, 11) is 1.73. The molecule has 1 saturated heterocycles. The first-order chi connectivity index (χ1) is 8.26. The lowest BCUT2D eigenvalue weighted by molar-refractivity contribution is 0.117. The summed E-state index contributed by atoms with van der Waals surface area (Å²) >= 11 is 0. The van der Waals surface area contributed by atoms with E-state index in [1.807, 2.05) is 6.07 Å². The number of fused-ring (bicyclic) bond motifs is 1. The maximum absolute atomic E-state index is 9.40. The van der Waals surface area contributed by atoms with Crippen LogP contribution in [0, 0.1) is 0 Å². The first-order valence-electron chi connectivity index (χ1n) is 5.71. The number of rotatable bonds is 2. The van der Waals surface area contributed by atoms with Crippen LogP contribution in [0.4, 0.5) is 0 Å². The van der Waals surface area contributed by atoms with Gasteiger partial charge in [-0.25, -0.2) is 4.98 Å². The third kappa shape index (κ3) is 1.87. The third-order valence-corrected chi connectivity index (χ3v) is 3.24. The minimum atomic E-state index is 0.203. The predicted molar refractivity (Wildman–Crippen MR) is 63.9 cm³/mol. The average molecular weight is 233 g/mol. The van der Waals surface area contributed by atoms with Crippen molar-refractivity contribution in [2.75, 3.05) is 13.7 Å². The van der Waals surface area contributed by atoms with Crippen molar-refractivity contribution in [1.82, 2.24) is 15.3 Å². The first-order valence-corrected chi connectivity index (χ1v) is 5.71. The zero-order valence-electron chi connectivity index (χ0n) is 9.60. The lowest BCUT2D eigenvalue weighted by Crippen LogP contribution is -2.16. The molecule has 1 fully saturated rings. The highest BCUT2D eigenvalue weighted by atomic mass is 16.5. The van der Waals surface area contributed by atoms with Gasteiger partial charge in [-0.2, -0.15) is 0 Å². The molecule has 1 aliphatic heterocycles. The normalized spacial score (nSPS) is 24.5. The van der Waals surface area contributed by atoms with Crippen LogP contribution in [0.15, 0.2) is 18.2 Å². The van der Waals surface area contributed by atoms with Gasteiger partial charge in [0.05, 0.1) is 23.2 Å². The van der Waals surface area contributed by atoms with E-state index >= 15 is 0 Å². The van der Waals surface area contributed by atoms with Crippen molar-refractivity contribution in [3.8, 4) is 5.75 Å². The Morgan fingerprint density at radius 2 is 2.35 bits per heavy atom. The van der Waals surface area contributed by atoms with Gasteiger partial charge in [0, 0.05) is 19.7 Å². The molecule has 1 aliphatic rings. The Balaban J connectivity index is 1.91. The highest BCUT2D eigenvalue weighted by Gasteiger charge is 2.27. The molecule has 0 saturated carbocycles. The number of hydrogen-bond donors (Lipinski definition) is 3. The molecule has 0 amide bonds. The SMILES string of the molecule is COC1CNC(c2nc3ccc(O)cc3[nH]2)C1.